The molecule has 0 heterocycles. The topological polar surface area (TPSA) is 0 Å². The van der Waals surface area contributed by atoms with E-state index < -0.39 is 0 Å². The molecule has 0 aromatic heterocycles. The second kappa shape index (κ2) is 9.70. The van der Waals surface area contributed by atoms with E-state index in [1.165, 1.54) is 25.7 Å². The molecule has 0 aromatic rings. The smallest absolute Gasteiger partial charge is 0.0212 e. The van der Waals surface area contributed by atoms with E-state index in [1.807, 2.05) is 0 Å². The molecule has 10 heavy (non-hydrogen) atoms. The zero-order valence-electron chi connectivity index (χ0n) is 6.15. The number of hydrogen-bond donors (Lipinski definition) is 0. The van der Waals surface area contributed by atoms with E-state index in [0.717, 1.165) is 10.7 Å². The first-order valence-corrected chi connectivity index (χ1v) is 5.93. The molecule has 0 aliphatic carbocycles. The van der Waals surface area contributed by atoms with Crippen molar-refractivity contribution in [2.45, 2.75) is 25.7 Å². The minimum absolute atomic E-state index is 0.992. The summed E-state index contributed by atoms with van der Waals surface area (Å²) in [5.41, 5.74) is 0. The summed E-state index contributed by atoms with van der Waals surface area (Å²) in [5, 5.41) is 2.14. The summed E-state index contributed by atoms with van der Waals surface area (Å²) in [7, 11) is 0. The molecule has 0 unspecified atom stereocenters. The molecular weight excluding hydrogens is 256 g/mol. The van der Waals surface area contributed by atoms with Crippen LogP contribution in [0, 0.1) is 0 Å². The molecular formula is C8H14Br2. The SMILES string of the molecule is BrCC=CCCCCCBr. The van der Waals surface area contributed by atoms with E-state index in [4.69, 9.17) is 0 Å². The Morgan fingerprint density at radius 2 is 1.70 bits per heavy atom. The average Bonchev–Trinajstić information content (AvgIpc) is 1.97. The van der Waals surface area contributed by atoms with E-state index in [-0.39, 0.29) is 0 Å². The Morgan fingerprint density at radius 3 is 2.30 bits per heavy atom. The van der Waals surface area contributed by atoms with E-state index >= 15 is 0 Å². The van der Waals surface area contributed by atoms with Gasteiger partial charge in [-0.3, -0.25) is 0 Å². The molecule has 0 amide bonds. The minimum Gasteiger partial charge on any atom is -0.0928 e. The van der Waals surface area contributed by atoms with Gasteiger partial charge in [-0.1, -0.05) is 50.4 Å². The number of allylic oxidation sites excluding steroid dienone is 2. The molecule has 0 bridgehead atoms. The summed E-state index contributed by atoms with van der Waals surface area (Å²) in [6, 6.07) is 0. The lowest BCUT2D eigenvalue weighted by Crippen LogP contribution is -1.75. The first kappa shape index (κ1) is 10.7. The maximum Gasteiger partial charge on any atom is 0.0212 e. The molecule has 60 valence electrons. The van der Waals surface area contributed by atoms with Crippen LogP contribution in [0.1, 0.15) is 25.7 Å². The van der Waals surface area contributed by atoms with E-state index in [1.54, 1.807) is 0 Å². The normalized spacial score (nSPS) is 11.0. The van der Waals surface area contributed by atoms with Crippen LogP contribution in [0.2, 0.25) is 0 Å². The van der Waals surface area contributed by atoms with Crippen LogP contribution in [0.15, 0.2) is 12.2 Å². The van der Waals surface area contributed by atoms with Crippen LogP contribution < -0.4 is 0 Å². The predicted molar refractivity (Wildman–Crippen MR) is 55.2 cm³/mol. The van der Waals surface area contributed by atoms with Gasteiger partial charge < -0.3 is 0 Å². The van der Waals surface area contributed by atoms with Crippen molar-refractivity contribution in [3.05, 3.63) is 12.2 Å². The fraction of sp³-hybridized carbons (Fsp3) is 0.750. The van der Waals surface area contributed by atoms with Gasteiger partial charge in [0, 0.05) is 10.7 Å². The summed E-state index contributed by atoms with van der Waals surface area (Å²) >= 11 is 6.74. The van der Waals surface area contributed by atoms with Crippen molar-refractivity contribution in [1.29, 1.82) is 0 Å². The summed E-state index contributed by atoms with van der Waals surface area (Å²) in [6.07, 6.45) is 9.62. The molecule has 0 spiro atoms. The Balaban J connectivity index is 2.83. The lowest BCUT2D eigenvalue weighted by atomic mass is 10.2. The molecule has 0 saturated carbocycles. The van der Waals surface area contributed by atoms with Gasteiger partial charge in [-0.2, -0.15) is 0 Å². The monoisotopic (exact) mass is 268 g/mol. The van der Waals surface area contributed by atoms with E-state index in [2.05, 4.69) is 44.0 Å². The highest BCUT2D eigenvalue weighted by Gasteiger charge is 1.83. The molecule has 0 saturated heterocycles. The number of halogens is 2. The van der Waals surface area contributed by atoms with Gasteiger partial charge in [0.2, 0.25) is 0 Å². The van der Waals surface area contributed by atoms with Crippen LogP contribution in [0.4, 0.5) is 0 Å². The van der Waals surface area contributed by atoms with Crippen molar-refractivity contribution in [3.8, 4) is 0 Å². The highest BCUT2D eigenvalue weighted by Crippen LogP contribution is 2.02. The van der Waals surface area contributed by atoms with Crippen LogP contribution in [-0.4, -0.2) is 10.7 Å². The molecule has 0 aliphatic rings. The number of alkyl halides is 2. The zero-order chi connectivity index (χ0) is 7.66. The van der Waals surface area contributed by atoms with Crippen LogP contribution in [0.5, 0.6) is 0 Å². The van der Waals surface area contributed by atoms with Gasteiger partial charge in [-0.05, 0) is 19.3 Å². The van der Waals surface area contributed by atoms with Gasteiger partial charge in [-0.15, -0.1) is 0 Å². The number of hydrogen-bond acceptors (Lipinski definition) is 0. The third kappa shape index (κ3) is 8.70. The fourth-order valence-electron chi connectivity index (χ4n) is 0.714. The number of unbranched alkanes of at least 4 members (excludes halogenated alkanes) is 3. The third-order valence-corrected chi connectivity index (χ3v) is 2.19. The lowest BCUT2D eigenvalue weighted by Gasteiger charge is -1.92. The quantitative estimate of drug-likeness (QED) is 0.390. The van der Waals surface area contributed by atoms with Gasteiger partial charge in [0.15, 0.2) is 0 Å². The average molecular weight is 270 g/mol. The maximum absolute atomic E-state index is 3.41. The highest BCUT2D eigenvalue weighted by atomic mass is 79.9. The van der Waals surface area contributed by atoms with Crippen molar-refractivity contribution in [3.63, 3.8) is 0 Å². The Bertz CT molecular complexity index is 79.3. The summed E-state index contributed by atoms with van der Waals surface area (Å²) < 4.78 is 0. The lowest BCUT2D eigenvalue weighted by molar-refractivity contribution is 0.736. The van der Waals surface area contributed by atoms with Crippen molar-refractivity contribution in [2.75, 3.05) is 10.7 Å². The van der Waals surface area contributed by atoms with Gasteiger partial charge in [0.25, 0.3) is 0 Å². The van der Waals surface area contributed by atoms with Crippen molar-refractivity contribution < 1.29 is 0 Å². The predicted octanol–water partition coefficient (Wildman–Crippen LogP) is 3.89. The van der Waals surface area contributed by atoms with Gasteiger partial charge in [0.05, 0.1) is 0 Å². The standard InChI is InChI=1S/C8H14Br2/c9-7-5-3-1-2-4-6-8-10/h3,5H,1-2,4,6-8H2. The number of rotatable bonds is 6. The van der Waals surface area contributed by atoms with Crippen molar-refractivity contribution in [2.24, 2.45) is 0 Å². The maximum atomic E-state index is 3.41. The van der Waals surface area contributed by atoms with Gasteiger partial charge in [0.1, 0.15) is 0 Å². The summed E-state index contributed by atoms with van der Waals surface area (Å²) in [6.45, 7) is 0. The van der Waals surface area contributed by atoms with Crippen LogP contribution >= 0.6 is 31.9 Å². The molecule has 0 atom stereocenters. The van der Waals surface area contributed by atoms with Crippen molar-refractivity contribution in [1.82, 2.24) is 0 Å². The summed E-state index contributed by atoms with van der Waals surface area (Å²) in [5.74, 6) is 0. The molecule has 0 nitrogen and oxygen atoms in total. The molecule has 2 heteroatoms. The Labute approximate surface area is 80.3 Å². The molecule has 0 aromatic carbocycles. The first-order chi connectivity index (χ1) is 4.91. The highest BCUT2D eigenvalue weighted by molar-refractivity contribution is 9.09. The second-order valence-electron chi connectivity index (χ2n) is 2.16. The largest absolute Gasteiger partial charge is 0.0928 e. The molecule has 0 radical (unpaired) electrons. The van der Waals surface area contributed by atoms with E-state index in [0.29, 0.717) is 0 Å². The van der Waals surface area contributed by atoms with Gasteiger partial charge >= 0.3 is 0 Å². The summed E-state index contributed by atoms with van der Waals surface area (Å²) in [4.78, 5) is 0. The molecule has 0 aliphatic heterocycles. The minimum atomic E-state index is 0.992. The zero-order valence-corrected chi connectivity index (χ0v) is 9.33. The Morgan fingerprint density at radius 1 is 0.900 bits per heavy atom. The fourth-order valence-corrected chi connectivity index (χ4v) is 1.38. The Hall–Kier alpha value is 0.700. The third-order valence-electron chi connectivity index (χ3n) is 1.26. The van der Waals surface area contributed by atoms with E-state index in [9.17, 15) is 0 Å². The van der Waals surface area contributed by atoms with Crippen LogP contribution in [0.3, 0.4) is 0 Å². The van der Waals surface area contributed by atoms with Gasteiger partial charge in [-0.25, -0.2) is 0 Å². The first-order valence-electron chi connectivity index (χ1n) is 3.68. The molecule has 0 N–H and O–H groups in total. The molecule has 0 rings (SSSR count). The second-order valence-corrected chi connectivity index (χ2v) is 3.60. The molecule has 0 fully saturated rings. The van der Waals surface area contributed by atoms with Crippen molar-refractivity contribution >= 4 is 31.9 Å². The Kier molecular flexibility index (Phi) is 10.4. The van der Waals surface area contributed by atoms with Crippen LogP contribution in [0.25, 0.3) is 0 Å². The van der Waals surface area contributed by atoms with Crippen LogP contribution in [-0.2, 0) is 0 Å².